The molecule has 0 radical (unpaired) electrons. The molecule has 1 aromatic carbocycles. The first-order valence-electron chi connectivity index (χ1n) is 6.15. The summed E-state index contributed by atoms with van der Waals surface area (Å²) in [6.07, 6.45) is 3.56. The van der Waals surface area contributed by atoms with Crippen LogP contribution in [-0.4, -0.2) is 12.8 Å². The molecule has 1 unspecified atom stereocenters. The molecule has 0 amide bonds. The number of rotatable bonds is 5. The van der Waals surface area contributed by atoms with Gasteiger partial charge in [0.15, 0.2) is 5.72 Å². The normalized spacial score (nSPS) is 19.2. The van der Waals surface area contributed by atoms with E-state index in [1.165, 1.54) is 18.4 Å². The van der Waals surface area contributed by atoms with Gasteiger partial charge >= 0.3 is 0 Å². The summed E-state index contributed by atoms with van der Waals surface area (Å²) in [6.45, 7) is 4.28. The molecule has 1 fully saturated rings. The lowest BCUT2D eigenvalue weighted by molar-refractivity contribution is 0.0139. The fourth-order valence-electron chi connectivity index (χ4n) is 2.24. The summed E-state index contributed by atoms with van der Waals surface area (Å²) in [6, 6.07) is 8.30. The molecular formula is C14H21NO. The van der Waals surface area contributed by atoms with Crippen LogP contribution in [0, 0.1) is 12.8 Å². The molecule has 0 aliphatic heterocycles. The molecule has 0 spiro atoms. The molecule has 2 nitrogen and oxygen atoms in total. The third-order valence-electron chi connectivity index (χ3n) is 3.51. The summed E-state index contributed by atoms with van der Waals surface area (Å²) in [5.74, 6) is 1.64. The van der Waals surface area contributed by atoms with Crippen molar-refractivity contribution in [2.75, 3.05) is 7.05 Å². The van der Waals surface area contributed by atoms with E-state index in [-0.39, 0.29) is 5.72 Å². The Morgan fingerprint density at radius 3 is 2.38 bits per heavy atom. The molecule has 0 aromatic heterocycles. The number of hydrogen-bond acceptors (Lipinski definition) is 2. The minimum atomic E-state index is -0.157. The second-order valence-electron chi connectivity index (χ2n) is 4.68. The smallest absolute Gasteiger partial charge is 0.163 e. The van der Waals surface area contributed by atoms with Gasteiger partial charge in [0.2, 0.25) is 0 Å². The van der Waals surface area contributed by atoms with Crippen molar-refractivity contribution in [3.05, 3.63) is 29.8 Å². The van der Waals surface area contributed by atoms with Crippen molar-refractivity contribution in [2.24, 2.45) is 5.92 Å². The lowest BCUT2D eigenvalue weighted by Crippen LogP contribution is -2.50. The fourth-order valence-corrected chi connectivity index (χ4v) is 2.24. The van der Waals surface area contributed by atoms with E-state index in [4.69, 9.17) is 4.74 Å². The van der Waals surface area contributed by atoms with E-state index in [1.807, 2.05) is 7.05 Å². The van der Waals surface area contributed by atoms with Crippen LogP contribution in [-0.2, 0) is 0 Å². The number of ether oxygens (including phenoxy) is 1. The van der Waals surface area contributed by atoms with Crippen molar-refractivity contribution in [3.8, 4) is 5.75 Å². The predicted molar refractivity (Wildman–Crippen MR) is 66.6 cm³/mol. The Hall–Kier alpha value is -1.02. The highest BCUT2D eigenvalue weighted by molar-refractivity contribution is 5.27. The summed E-state index contributed by atoms with van der Waals surface area (Å²) in [7, 11) is 2.00. The minimum absolute atomic E-state index is 0.157. The van der Waals surface area contributed by atoms with Gasteiger partial charge in [0, 0.05) is 5.92 Å². The van der Waals surface area contributed by atoms with E-state index in [9.17, 15) is 0 Å². The molecule has 1 saturated carbocycles. The Kier molecular flexibility index (Phi) is 3.20. The number of benzene rings is 1. The van der Waals surface area contributed by atoms with Crippen LogP contribution in [0.2, 0.25) is 0 Å². The minimum Gasteiger partial charge on any atom is -0.473 e. The number of nitrogens with one attached hydrogen (secondary N) is 1. The van der Waals surface area contributed by atoms with Crippen molar-refractivity contribution in [3.63, 3.8) is 0 Å². The molecule has 1 aromatic rings. The maximum absolute atomic E-state index is 6.17. The average Bonchev–Trinajstić information content (AvgIpc) is 3.13. The van der Waals surface area contributed by atoms with Gasteiger partial charge in [-0.1, -0.05) is 24.6 Å². The second kappa shape index (κ2) is 4.46. The quantitative estimate of drug-likeness (QED) is 0.768. The second-order valence-corrected chi connectivity index (χ2v) is 4.68. The molecule has 88 valence electrons. The van der Waals surface area contributed by atoms with Crippen molar-refractivity contribution in [2.45, 2.75) is 38.8 Å². The van der Waals surface area contributed by atoms with Gasteiger partial charge in [-0.2, -0.15) is 0 Å². The number of aryl methyl sites for hydroxylation is 1. The van der Waals surface area contributed by atoms with Crippen LogP contribution in [0.3, 0.4) is 0 Å². The van der Waals surface area contributed by atoms with Crippen molar-refractivity contribution in [1.29, 1.82) is 0 Å². The first-order valence-corrected chi connectivity index (χ1v) is 6.15. The number of hydrogen-bond donors (Lipinski definition) is 1. The summed E-state index contributed by atoms with van der Waals surface area (Å²) in [5, 5.41) is 3.37. The first-order chi connectivity index (χ1) is 7.70. The summed E-state index contributed by atoms with van der Waals surface area (Å²) >= 11 is 0. The van der Waals surface area contributed by atoms with Gasteiger partial charge < -0.3 is 4.74 Å². The van der Waals surface area contributed by atoms with Crippen molar-refractivity contribution in [1.82, 2.24) is 5.32 Å². The lowest BCUT2D eigenvalue weighted by atomic mass is 10.1. The molecule has 0 saturated heterocycles. The van der Waals surface area contributed by atoms with E-state index in [0.29, 0.717) is 5.92 Å². The van der Waals surface area contributed by atoms with Crippen molar-refractivity contribution >= 4 is 0 Å². The predicted octanol–water partition coefficient (Wildman–Crippen LogP) is 3.11. The molecular weight excluding hydrogens is 198 g/mol. The van der Waals surface area contributed by atoms with Crippen LogP contribution in [0.25, 0.3) is 0 Å². The van der Waals surface area contributed by atoms with Crippen LogP contribution in [0.4, 0.5) is 0 Å². The standard InChI is InChI=1S/C14H21NO/c1-4-14(15-3,12-7-8-12)16-13-9-5-11(2)6-10-13/h5-6,9-10,12,15H,4,7-8H2,1-3H3. The van der Waals surface area contributed by atoms with Crippen LogP contribution in [0.15, 0.2) is 24.3 Å². The van der Waals surface area contributed by atoms with Gasteiger partial charge in [-0.05, 0) is 45.4 Å². The molecule has 16 heavy (non-hydrogen) atoms. The summed E-state index contributed by atoms with van der Waals surface area (Å²) in [5.41, 5.74) is 1.11. The van der Waals surface area contributed by atoms with Gasteiger partial charge in [-0.15, -0.1) is 0 Å². The maximum atomic E-state index is 6.17. The summed E-state index contributed by atoms with van der Waals surface area (Å²) in [4.78, 5) is 0. The van der Waals surface area contributed by atoms with Crippen LogP contribution in [0.5, 0.6) is 5.75 Å². The summed E-state index contributed by atoms with van der Waals surface area (Å²) < 4.78 is 6.17. The Labute approximate surface area is 98.0 Å². The van der Waals surface area contributed by atoms with Crippen LogP contribution in [0.1, 0.15) is 31.7 Å². The highest BCUT2D eigenvalue weighted by atomic mass is 16.5. The van der Waals surface area contributed by atoms with Gasteiger partial charge in [0.25, 0.3) is 0 Å². The molecule has 0 bridgehead atoms. The Morgan fingerprint density at radius 2 is 1.94 bits per heavy atom. The van der Waals surface area contributed by atoms with E-state index in [2.05, 4.69) is 43.4 Å². The fraction of sp³-hybridized carbons (Fsp3) is 0.571. The van der Waals surface area contributed by atoms with E-state index >= 15 is 0 Å². The van der Waals surface area contributed by atoms with Gasteiger partial charge in [0.05, 0.1) is 0 Å². The van der Waals surface area contributed by atoms with E-state index in [0.717, 1.165) is 12.2 Å². The molecule has 1 atom stereocenters. The first kappa shape index (κ1) is 11.5. The molecule has 1 N–H and O–H groups in total. The monoisotopic (exact) mass is 219 g/mol. The Morgan fingerprint density at radius 1 is 1.31 bits per heavy atom. The zero-order valence-corrected chi connectivity index (χ0v) is 10.4. The molecule has 2 heteroatoms. The van der Waals surface area contributed by atoms with E-state index < -0.39 is 0 Å². The zero-order chi connectivity index (χ0) is 11.6. The lowest BCUT2D eigenvalue weighted by Gasteiger charge is -2.33. The molecule has 1 aliphatic carbocycles. The highest BCUT2D eigenvalue weighted by Crippen LogP contribution is 2.42. The average molecular weight is 219 g/mol. The zero-order valence-electron chi connectivity index (χ0n) is 10.4. The third kappa shape index (κ3) is 2.22. The van der Waals surface area contributed by atoms with E-state index in [1.54, 1.807) is 0 Å². The van der Waals surface area contributed by atoms with Gasteiger partial charge in [-0.3, -0.25) is 5.32 Å². The van der Waals surface area contributed by atoms with Gasteiger partial charge in [0.1, 0.15) is 5.75 Å². The Bertz CT molecular complexity index is 336. The van der Waals surface area contributed by atoms with Gasteiger partial charge in [-0.25, -0.2) is 0 Å². The maximum Gasteiger partial charge on any atom is 0.163 e. The topological polar surface area (TPSA) is 21.3 Å². The Balaban J connectivity index is 2.13. The van der Waals surface area contributed by atoms with Crippen LogP contribution >= 0.6 is 0 Å². The SMILES string of the molecule is CCC(NC)(Oc1ccc(C)cc1)C1CC1. The molecule has 0 heterocycles. The molecule has 2 rings (SSSR count). The van der Waals surface area contributed by atoms with Crippen LogP contribution < -0.4 is 10.1 Å². The third-order valence-corrected chi connectivity index (χ3v) is 3.51. The highest BCUT2D eigenvalue weighted by Gasteiger charge is 2.45. The largest absolute Gasteiger partial charge is 0.473 e. The van der Waals surface area contributed by atoms with Crippen molar-refractivity contribution < 1.29 is 4.74 Å². The molecule has 1 aliphatic rings.